The lowest BCUT2D eigenvalue weighted by atomic mass is 10.0. The normalized spacial score (nSPS) is 12.7. The molecule has 4 nitrogen and oxygen atoms in total. The molecule has 1 unspecified atom stereocenters. The van der Waals surface area contributed by atoms with Crippen molar-refractivity contribution < 1.29 is 19.5 Å². The van der Waals surface area contributed by atoms with Crippen LogP contribution in [0.5, 0.6) is 0 Å². The monoisotopic (exact) mass is 568 g/mol. The Morgan fingerprint density at radius 3 is 1.25 bits per heavy atom. The number of carbonyl (C=O) groups is 1. The quantitative estimate of drug-likeness (QED) is 0.0634. The molecule has 0 aliphatic carbocycles. The van der Waals surface area contributed by atoms with E-state index in [0.29, 0.717) is 0 Å². The summed E-state index contributed by atoms with van der Waals surface area (Å²) in [4.78, 5) is 10.4. The minimum Gasteiger partial charge on any atom is -0.550 e. The number of likely N-dealkylation sites (N-methyl/N-ethyl adjacent to an activating group) is 1. The van der Waals surface area contributed by atoms with Gasteiger partial charge in [0.25, 0.3) is 0 Å². The maximum Gasteiger partial charge on any atom is 0.105 e. The molecule has 4 heteroatoms. The van der Waals surface area contributed by atoms with Crippen LogP contribution in [0, 0.1) is 0 Å². The van der Waals surface area contributed by atoms with E-state index in [1.54, 1.807) is 0 Å². The second-order valence-corrected chi connectivity index (χ2v) is 13.6. The number of unbranched alkanes of at least 4 members (excludes halogenated alkanes) is 25. The van der Waals surface area contributed by atoms with Gasteiger partial charge in [-0.15, -0.1) is 0 Å². The Morgan fingerprint density at radius 2 is 0.875 bits per heavy atom. The molecule has 0 saturated carbocycles. The molecule has 0 aromatic carbocycles. The summed E-state index contributed by atoms with van der Waals surface area (Å²) in [5, 5.41) is 21.0. The Balaban J connectivity index is 3.39. The van der Waals surface area contributed by atoms with Gasteiger partial charge in [0.15, 0.2) is 0 Å². The summed E-state index contributed by atoms with van der Waals surface area (Å²) in [5.74, 6) is -0.917. The predicted octanol–water partition coefficient (Wildman–Crippen LogP) is 9.51. The number of aliphatic hydroxyl groups is 1. The highest BCUT2D eigenvalue weighted by molar-refractivity contribution is 5.64. The SMILES string of the molecule is CCCCCCCCCCCCCCCCCCCCC(O)C[N+](C)(C)CCCCCCCCCCCC(=O)[O-]. The molecule has 1 atom stereocenters. The average Bonchev–Trinajstić information content (AvgIpc) is 2.90. The lowest BCUT2D eigenvalue weighted by Gasteiger charge is -2.32. The highest BCUT2D eigenvalue weighted by Crippen LogP contribution is 2.16. The number of rotatable bonds is 33. The number of aliphatic carboxylic acids is 1. The second kappa shape index (κ2) is 29.9. The molecule has 0 saturated heterocycles. The third kappa shape index (κ3) is 31.9. The number of carbonyl (C=O) groups excluding carboxylic acids is 1. The molecule has 0 amide bonds. The molecule has 0 bridgehead atoms. The molecule has 240 valence electrons. The van der Waals surface area contributed by atoms with Crippen molar-refractivity contribution in [3.05, 3.63) is 0 Å². The molecular formula is C36H73NO3. The number of quaternary nitrogens is 1. The molecule has 0 rings (SSSR count). The van der Waals surface area contributed by atoms with Gasteiger partial charge in [0.2, 0.25) is 0 Å². The molecule has 0 heterocycles. The standard InChI is InChI=1S/C36H73NO3/c1-4-5-6-7-8-9-10-11-12-13-14-15-16-17-19-22-25-28-31-35(38)34-37(2,3)33-30-27-24-21-18-20-23-26-29-32-36(39)40/h35,38H,4-34H2,1-3H3. The lowest BCUT2D eigenvalue weighted by molar-refractivity contribution is -0.893. The van der Waals surface area contributed by atoms with E-state index in [0.717, 1.165) is 43.3 Å². The topological polar surface area (TPSA) is 60.4 Å². The zero-order valence-corrected chi connectivity index (χ0v) is 27.7. The van der Waals surface area contributed by atoms with Gasteiger partial charge >= 0.3 is 0 Å². The minimum atomic E-state index is -0.917. The summed E-state index contributed by atoms with van der Waals surface area (Å²) >= 11 is 0. The van der Waals surface area contributed by atoms with Crippen LogP contribution in [0.25, 0.3) is 0 Å². The summed E-state index contributed by atoms with van der Waals surface area (Å²) in [6.45, 7) is 4.32. The summed E-state index contributed by atoms with van der Waals surface area (Å²) < 4.78 is 0.929. The Bertz CT molecular complexity index is 522. The largest absolute Gasteiger partial charge is 0.550 e. The van der Waals surface area contributed by atoms with Crippen molar-refractivity contribution in [2.24, 2.45) is 0 Å². The third-order valence-electron chi connectivity index (χ3n) is 8.74. The van der Waals surface area contributed by atoms with Gasteiger partial charge < -0.3 is 19.5 Å². The van der Waals surface area contributed by atoms with Crippen LogP contribution in [-0.4, -0.2) is 48.8 Å². The van der Waals surface area contributed by atoms with Gasteiger partial charge in [-0.2, -0.15) is 0 Å². The number of carboxylic acids is 1. The van der Waals surface area contributed by atoms with Crippen LogP contribution in [0.1, 0.15) is 193 Å². The molecular weight excluding hydrogens is 494 g/mol. The zero-order valence-electron chi connectivity index (χ0n) is 27.7. The van der Waals surface area contributed by atoms with E-state index in [2.05, 4.69) is 21.0 Å². The van der Waals surface area contributed by atoms with E-state index < -0.39 is 5.97 Å². The van der Waals surface area contributed by atoms with Crippen molar-refractivity contribution in [1.82, 2.24) is 0 Å². The smallest absolute Gasteiger partial charge is 0.105 e. The summed E-state index contributed by atoms with van der Waals surface area (Å²) in [6, 6.07) is 0. The van der Waals surface area contributed by atoms with Gasteiger partial charge in [-0.05, 0) is 32.1 Å². The average molecular weight is 568 g/mol. The van der Waals surface area contributed by atoms with Crippen LogP contribution in [0.15, 0.2) is 0 Å². The maximum atomic E-state index is 10.6. The highest BCUT2D eigenvalue weighted by Gasteiger charge is 2.19. The minimum absolute atomic E-state index is 0.159. The first-order valence-electron chi connectivity index (χ1n) is 18.1. The summed E-state index contributed by atoms with van der Waals surface area (Å²) in [7, 11) is 4.54. The predicted molar refractivity (Wildman–Crippen MR) is 172 cm³/mol. The van der Waals surface area contributed by atoms with Crippen LogP contribution in [0.4, 0.5) is 0 Å². The zero-order chi connectivity index (χ0) is 29.6. The fraction of sp³-hybridized carbons (Fsp3) is 0.972. The van der Waals surface area contributed by atoms with Crippen molar-refractivity contribution in [3.63, 3.8) is 0 Å². The third-order valence-corrected chi connectivity index (χ3v) is 8.74. The fourth-order valence-corrected chi connectivity index (χ4v) is 6.08. The molecule has 0 aromatic heterocycles. The van der Waals surface area contributed by atoms with Crippen LogP contribution in [0.3, 0.4) is 0 Å². The molecule has 0 aliphatic heterocycles. The summed E-state index contributed by atoms with van der Waals surface area (Å²) in [5.41, 5.74) is 0. The first kappa shape index (κ1) is 39.4. The maximum absolute atomic E-state index is 10.6. The fourth-order valence-electron chi connectivity index (χ4n) is 6.08. The first-order chi connectivity index (χ1) is 19.4. The van der Waals surface area contributed by atoms with Crippen LogP contribution in [0.2, 0.25) is 0 Å². The van der Waals surface area contributed by atoms with Gasteiger partial charge in [0.1, 0.15) is 12.6 Å². The molecule has 0 fully saturated rings. The van der Waals surface area contributed by atoms with Gasteiger partial charge in [0, 0.05) is 5.97 Å². The van der Waals surface area contributed by atoms with Crippen molar-refractivity contribution in [1.29, 1.82) is 0 Å². The number of carboxylic acid groups (broad SMARTS) is 1. The molecule has 0 radical (unpaired) electrons. The first-order valence-corrected chi connectivity index (χ1v) is 18.1. The van der Waals surface area contributed by atoms with E-state index in [9.17, 15) is 15.0 Å². The molecule has 40 heavy (non-hydrogen) atoms. The number of hydrogen-bond donors (Lipinski definition) is 1. The number of aliphatic hydroxyl groups excluding tert-OH is 1. The number of nitrogens with zero attached hydrogens (tertiary/aromatic N) is 1. The van der Waals surface area contributed by atoms with Gasteiger partial charge in [-0.1, -0.05) is 161 Å². The Hall–Kier alpha value is -0.610. The van der Waals surface area contributed by atoms with E-state index in [-0.39, 0.29) is 12.5 Å². The molecule has 1 N–H and O–H groups in total. The van der Waals surface area contributed by atoms with Crippen molar-refractivity contribution >= 4 is 5.97 Å². The van der Waals surface area contributed by atoms with E-state index >= 15 is 0 Å². The van der Waals surface area contributed by atoms with E-state index in [1.165, 1.54) is 154 Å². The lowest BCUT2D eigenvalue weighted by Crippen LogP contribution is -2.45. The Kier molecular flexibility index (Phi) is 29.4. The van der Waals surface area contributed by atoms with Crippen LogP contribution in [-0.2, 0) is 4.79 Å². The van der Waals surface area contributed by atoms with Gasteiger partial charge in [-0.25, -0.2) is 0 Å². The van der Waals surface area contributed by atoms with Crippen LogP contribution >= 0.6 is 0 Å². The molecule has 0 spiro atoms. The van der Waals surface area contributed by atoms with E-state index in [1.807, 2.05) is 0 Å². The van der Waals surface area contributed by atoms with Crippen molar-refractivity contribution in [3.8, 4) is 0 Å². The highest BCUT2D eigenvalue weighted by atomic mass is 16.4. The van der Waals surface area contributed by atoms with Crippen LogP contribution < -0.4 is 5.11 Å². The van der Waals surface area contributed by atoms with Crippen molar-refractivity contribution in [2.75, 3.05) is 27.2 Å². The summed E-state index contributed by atoms with van der Waals surface area (Å²) in [6.07, 6.45) is 36.8. The van der Waals surface area contributed by atoms with E-state index in [4.69, 9.17) is 0 Å². The number of hydrogen-bond acceptors (Lipinski definition) is 3. The van der Waals surface area contributed by atoms with Gasteiger partial charge in [0.05, 0.1) is 20.6 Å². The Labute approximate surface area is 251 Å². The second-order valence-electron chi connectivity index (χ2n) is 13.6. The van der Waals surface area contributed by atoms with Gasteiger partial charge in [-0.3, -0.25) is 0 Å². The Morgan fingerprint density at radius 1 is 0.550 bits per heavy atom. The molecule has 0 aromatic rings. The van der Waals surface area contributed by atoms with Crippen molar-refractivity contribution in [2.45, 2.75) is 199 Å². The molecule has 0 aliphatic rings.